The number of rotatable bonds is 3. The lowest BCUT2D eigenvalue weighted by Crippen LogP contribution is -2.48. The first-order valence-electron chi connectivity index (χ1n) is 7.13. The van der Waals surface area contributed by atoms with E-state index in [0.717, 1.165) is 19.3 Å². The second-order valence-electron chi connectivity index (χ2n) is 5.56. The van der Waals surface area contributed by atoms with Crippen LogP contribution in [0.1, 0.15) is 32.0 Å². The molecule has 1 aliphatic rings. The molecule has 0 unspecified atom stereocenters. The van der Waals surface area contributed by atoms with Crippen molar-refractivity contribution in [2.75, 3.05) is 6.61 Å². The zero-order valence-corrected chi connectivity index (χ0v) is 11.9. The number of nitrogens with zero attached hydrogens (tertiary/aromatic N) is 1. The molecule has 1 fully saturated rings. The Bertz CT molecular complexity index is 662. The first-order valence-corrected chi connectivity index (χ1v) is 7.13. The number of carbonyl (C=O) groups is 1. The second kappa shape index (κ2) is 5.44. The molecule has 1 atom stereocenters. The van der Waals surface area contributed by atoms with Crippen molar-refractivity contribution in [3.05, 3.63) is 29.8 Å². The van der Waals surface area contributed by atoms with Crippen molar-refractivity contribution < 1.29 is 13.9 Å². The summed E-state index contributed by atoms with van der Waals surface area (Å²) in [5, 5.41) is 2.83. The zero-order chi connectivity index (χ0) is 14.9. The van der Waals surface area contributed by atoms with Gasteiger partial charge in [0.05, 0.1) is 17.6 Å². The lowest BCUT2D eigenvalue weighted by molar-refractivity contribution is -0.150. The summed E-state index contributed by atoms with van der Waals surface area (Å²) >= 11 is 0. The van der Waals surface area contributed by atoms with Gasteiger partial charge in [-0.2, -0.15) is 0 Å². The summed E-state index contributed by atoms with van der Waals surface area (Å²) in [6.07, 6.45) is 2.72. The number of fused-ring (bicyclic) bond motifs is 1. The number of aromatic nitrogens is 2. The SMILES string of the molecule is C[C@@]1(C(=O)NCc2nc3ccc(F)cc3[nH]2)CCCCO1. The summed E-state index contributed by atoms with van der Waals surface area (Å²) in [7, 11) is 0. The number of imidazole rings is 1. The monoisotopic (exact) mass is 291 g/mol. The van der Waals surface area contributed by atoms with Crippen LogP contribution in [0.25, 0.3) is 11.0 Å². The van der Waals surface area contributed by atoms with Crippen LogP contribution in [0.2, 0.25) is 0 Å². The predicted molar refractivity (Wildman–Crippen MR) is 76.1 cm³/mol. The summed E-state index contributed by atoms with van der Waals surface area (Å²) < 4.78 is 18.7. The number of aromatic amines is 1. The highest BCUT2D eigenvalue weighted by molar-refractivity contribution is 5.84. The van der Waals surface area contributed by atoms with Crippen LogP contribution >= 0.6 is 0 Å². The van der Waals surface area contributed by atoms with Gasteiger partial charge < -0.3 is 15.0 Å². The number of H-pyrrole nitrogens is 1. The maximum absolute atomic E-state index is 13.1. The summed E-state index contributed by atoms with van der Waals surface area (Å²) in [5.41, 5.74) is 0.552. The Hall–Kier alpha value is -1.95. The number of amides is 1. The van der Waals surface area contributed by atoms with Gasteiger partial charge in [0.1, 0.15) is 17.2 Å². The van der Waals surface area contributed by atoms with E-state index in [9.17, 15) is 9.18 Å². The molecule has 2 heterocycles. The van der Waals surface area contributed by atoms with Gasteiger partial charge in [-0.3, -0.25) is 4.79 Å². The molecule has 0 bridgehead atoms. The van der Waals surface area contributed by atoms with Crippen LogP contribution in [0.4, 0.5) is 4.39 Å². The highest BCUT2D eigenvalue weighted by Gasteiger charge is 2.35. The summed E-state index contributed by atoms with van der Waals surface area (Å²) in [4.78, 5) is 19.5. The van der Waals surface area contributed by atoms with Gasteiger partial charge in [0.25, 0.3) is 5.91 Å². The summed E-state index contributed by atoms with van der Waals surface area (Å²) in [5.74, 6) is 0.155. The standard InChI is InChI=1S/C15H18FN3O2/c1-15(6-2-3-7-21-15)14(20)17-9-13-18-11-5-4-10(16)8-12(11)19-13/h4-5,8H,2-3,6-7,9H2,1H3,(H,17,20)(H,18,19)/t15-/m0/s1. The fourth-order valence-electron chi connectivity index (χ4n) is 2.58. The van der Waals surface area contributed by atoms with Crippen molar-refractivity contribution in [3.63, 3.8) is 0 Å². The van der Waals surface area contributed by atoms with E-state index in [4.69, 9.17) is 4.74 Å². The zero-order valence-electron chi connectivity index (χ0n) is 11.9. The number of nitrogens with one attached hydrogen (secondary N) is 2. The van der Waals surface area contributed by atoms with Gasteiger partial charge >= 0.3 is 0 Å². The number of ether oxygens (including phenoxy) is 1. The fraction of sp³-hybridized carbons (Fsp3) is 0.467. The molecule has 1 aromatic carbocycles. The van der Waals surface area contributed by atoms with Crippen LogP contribution in [-0.4, -0.2) is 28.1 Å². The van der Waals surface area contributed by atoms with Gasteiger partial charge in [0.15, 0.2) is 0 Å². The highest BCUT2D eigenvalue weighted by atomic mass is 19.1. The van der Waals surface area contributed by atoms with E-state index in [1.54, 1.807) is 6.07 Å². The Labute approximate surface area is 121 Å². The Balaban J connectivity index is 1.67. The van der Waals surface area contributed by atoms with E-state index in [1.807, 2.05) is 6.92 Å². The third-order valence-corrected chi connectivity index (χ3v) is 3.86. The molecule has 2 aromatic rings. The average molecular weight is 291 g/mol. The van der Waals surface area contributed by atoms with E-state index in [0.29, 0.717) is 23.5 Å². The van der Waals surface area contributed by atoms with Gasteiger partial charge in [-0.15, -0.1) is 0 Å². The van der Waals surface area contributed by atoms with E-state index >= 15 is 0 Å². The molecule has 0 radical (unpaired) electrons. The van der Waals surface area contributed by atoms with Gasteiger partial charge in [-0.05, 0) is 44.4 Å². The molecule has 1 saturated heterocycles. The molecule has 1 aromatic heterocycles. The molecular formula is C15H18FN3O2. The smallest absolute Gasteiger partial charge is 0.252 e. The van der Waals surface area contributed by atoms with E-state index in [1.165, 1.54) is 12.1 Å². The molecule has 5 nitrogen and oxygen atoms in total. The van der Waals surface area contributed by atoms with Gasteiger partial charge in [0, 0.05) is 6.61 Å². The normalized spacial score (nSPS) is 22.4. The predicted octanol–water partition coefficient (Wildman–Crippen LogP) is 2.28. The maximum atomic E-state index is 13.1. The van der Waals surface area contributed by atoms with Gasteiger partial charge in [-0.25, -0.2) is 9.37 Å². The van der Waals surface area contributed by atoms with Crippen LogP contribution in [-0.2, 0) is 16.1 Å². The molecular weight excluding hydrogens is 273 g/mol. The molecule has 0 aliphatic carbocycles. The van der Waals surface area contributed by atoms with Crippen LogP contribution < -0.4 is 5.32 Å². The summed E-state index contributed by atoms with van der Waals surface area (Å²) in [6, 6.07) is 4.36. The van der Waals surface area contributed by atoms with E-state index < -0.39 is 5.60 Å². The number of benzene rings is 1. The molecule has 21 heavy (non-hydrogen) atoms. The number of halogens is 1. The van der Waals surface area contributed by atoms with Gasteiger partial charge in [0.2, 0.25) is 0 Å². The molecule has 1 amide bonds. The van der Waals surface area contributed by atoms with Crippen molar-refractivity contribution in [1.29, 1.82) is 0 Å². The van der Waals surface area contributed by atoms with Crippen molar-refractivity contribution >= 4 is 16.9 Å². The molecule has 0 saturated carbocycles. The maximum Gasteiger partial charge on any atom is 0.252 e. The fourth-order valence-corrected chi connectivity index (χ4v) is 2.58. The largest absolute Gasteiger partial charge is 0.365 e. The van der Waals surface area contributed by atoms with Crippen molar-refractivity contribution in [2.45, 2.75) is 38.3 Å². The van der Waals surface area contributed by atoms with Crippen molar-refractivity contribution in [2.24, 2.45) is 0 Å². The van der Waals surface area contributed by atoms with Crippen molar-refractivity contribution in [3.8, 4) is 0 Å². The third kappa shape index (κ3) is 2.90. The number of hydrogen-bond donors (Lipinski definition) is 2. The Morgan fingerprint density at radius 1 is 1.52 bits per heavy atom. The first kappa shape index (κ1) is 14.0. The van der Waals surface area contributed by atoms with Crippen LogP contribution in [0, 0.1) is 5.82 Å². The van der Waals surface area contributed by atoms with Crippen molar-refractivity contribution in [1.82, 2.24) is 15.3 Å². The highest BCUT2D eigenvalue weighted by Crippen LogP contribution is 2.24. The van der Waals surface area contributed by atoms with Crippen LogP contribution in [0.5, 0.6) is 0 Å². The number of carbonyl (C=O) groups excluding carboxylic acids is 1. The average Bonchev–Trinajstić information content (AvgIpc) is 2.87. The molecule has 2 N–H and O–H groups in total. The molecule has 0 spiro atoms. The molecule has 1 aliphatic heterocycles. The first-order chi connectivity index (χ1) is 10.1. The van der Waals surface area contributed by atoms with Crippen LogP contribution in [0.15, 0.2) is 18.2 Å². The Morgan fingerprint density at radius 2 is 2.38 bits per heavy atom. The minimum absolute atomic E-state index is 0.131. The lowest BCUT2D eigenvalue weighted by atomic mass is 9.95. The van der Waals surface area contributed by atoms with Crippen LogP contribution in [0.3, 0.4) is 0 Å². The third-order valence-electron chi connectivity index (χ3n) is 3.86. The molecule has 112 valence electrons. The Morgan fingerprint density at radius 3 is 3.14 bits per heavy atom. The number of hydrogen-bond acceptors (Lipinski definition) is 3. The van der Waals surface area contributed by atoms with Gasteiger partial charge in [-0.1, -0.05) is 0 Å². The minimum atomic E-state index is -0.754. The van der Waals surface area contributed by atoms with E-state index in [2.05, 4.69) is 15.3 Å². The second-order valence-corrected chi connectivity index (χ2v) is 5.56. The quantitative estimate of drug-likeness (QED) is 0.911. The minimum Gasteiger partial charge on any atom is -0.365 e. The summed E-state index contributed by atoms with van der Waals surface area (Å²) in [6.45, 7) is 2.71. The molecule has 3 rings (SSSR count). The Kier molecular flexibility index (Phi) is 3.63. The lowest BCUT2D eigenvalue weighted by Gasteiger charge is -2.32. The van der Waals surface area contributed by atoms with E-state index in [-0.39, 0.29) is 18.3 Å². The topological polar surface area (TPSA) is 67.0 Å². The molecule has 6 heteroatoms.